The minimum absolute atomic E-state index is 1.02. The molecule has 1 aliphatic carbocycles. The molecule has 0 amide bonds. The number of hydrogen-bond acceptors (Lipinski definition) is 0. The van der Waals surface area contributed by atoms with Crippen molar-refractivity contribution in [2.24, 2.45) is 0 Å². The summed E-state index contributed by atoms with van der Waals surface area (Å²) in [6.07, 6.45) is 5.41. The lowest BCUT2D eigenvalue weighted by Gasteiger charge is -2.08. The van der Waals surface area contributed by atoms with Gasteiger partial charge in [-0.15, -0.1) is 0 Å². The molecule has 6 rings (SSSR count). The average Bonchev–Trinajstić information content (AvgIpc) is 3.15. The maximum Gasteiger partial charge on any atom is -0.000727 e. The van der Waals surface area contributed by atoms with Crippen LogP contribution >= 0.6 is 0 Å². The molecule has 0 heterocycles. The fraction of sp³-hybridized carbons (Fsp3) is 0.0345. The Labute approximate surface area is 170 Å². The molecule has 0 heteroatoms. The predicted octanol–water partition coefficient (Wildman–Crippen LogP) is 7.73. The van der Waals surface area contributed by atoms with E-state index in [-0.39, 0.29) is 0 Å². The maximum absolute atomic E-state index is 2.37. The Kier molecular flexibility index (Phi) is 3.64. The minimum Gasteiger partial charge on any atom is -0.0622 e. The lowest BCUT2D eigenvalue weighted by molar-refractivity contribution is 1.28. The highest BCUT2D eigenvalue weighted by Crippen LogP contribution is 2.41. The lowest BCUT2D eigenvalue weighted by Crippen LogP contribution is -1.85. The van der Waals surface area contributed by atoms with Crippen LogP contribution in [0.3, 0.4) is 0 Å². The molecule has 0 spiro atoms. The van der Waals surface area contributed by atoms with Crippen LogP contribution < -0.4 is 0 Å². The van der Waals surface area contributed by atoms with Gasteiger partial charge in [-0.3, -0.25) is 0 Å². The van der Waals surface area contributed by atoms with Crippen LogP contribution in [0.25, 0.3) is 44.8 Å². The summed E-state index contributed by atoms with van der Waals surface area (Å²) in [5.41, 5.74) is 8.14. The molecule has 1 aliphatic rings. The molecule has 0 radical (unpaired) electrons. The number of hydrogen-bond donors (Lipinski definition) is 0. The highest BCUT2D eigenvalue weighted by atomic mass is 14.2. The summed E-state index contributed by atoms with van der Waals surface area (Å²) in [7, 11) is 0. The predicted molar refractivity (Wildman–Crippen MR) is 125 cm³/mol. The van der Waals surface area contributed by atoms with Crippen molar-refractivity contribution < 1.29 is 0 Å². The fourth-order valence-corrected chi connectivity index (χ4v) is 4.57. The Bertz CT molecular complexity index is 1400. The van der Waals surface area contributed by atoms with Gasteiger partial charge in [0.2, 0.25) is 0 Å². The van der Waals surface area contributed by atoms with E-state index in [0.717, 1.165) is 6.42 Å². The monoisotopic (exact) mass is 368 g/mol. The second-order valence-electron chi connectivity index (χ2n) is 7.85. The lowest BCUT2D eigenvalue weighted by atomic mass is 9.96. The van der Waals surface area contributed by atoms with Gasteiger partial charge in [0, 0.05) is 0 Å². The van der Waals surface area contributed by atoms with Crippen LogP contribution in [-0.4, -0.2) is 0 Å². The Hall–Kier alpha value is -3.64. The van der Waals surface area contributed by atoms with Gasteiger partial charge in [-0.05, 0) is 79.5 Å². The van der Waals surface area contributed by atoms with Gasteiger partial charge >= 0.3 is 0 Å². The molecule has 5 aromatic rings. The van der Waals surface area contributed by atoms with Crippen LogP contribution in [0.2, 0.25) is 0 Å². The fourth-order valence-electron chi connectivity index (χ4n) is 4.57. The minimum atomic E-state index is 1.02. The summed E-state index contributed by atoms with van der Waals surface area (Å²) in [5.74, 6) is 0. The molecule has 0 saturated heterocycles. The molecule has 5 aromatic carbocycles. The Morgan fingerprint density at radius 3 is 2.14 bits per heavy atom. The normalized spacial score (nSPS) is 12.6. The second kappa shape index (κ2) is 6.46. The summed E-state index contributed by atoms with van der Waals surface area (Å²) in [6, 6.07) is 35.3. The molecule has 136 valence electrons. The third-order valence-corrected chi connectivity index (χ3v) is 6.06. The first-order valence-electron chi connectivity index (χ1n) is 10.2. The van der Waals surface area contributed by atoms with Crippen molar-refractivity contribution in [2.75, 3.05) is 0 Å². The van der Waals surface area contributed by atoms with Crippen molar-refractivity contribution >= 4 is 33.7 Å². The van der Waals surface area contributed by atoms with E-state index in [0.29, 0.717) is 0 Å². The van der Waals surface area contributed by atoms with E-state index in [4.69, 9.17) is 0 Å². The first-order valence-corrected chi connectivity index (χ1v) is 10.2. The molecule has 0 bridgehead atoms. The van der Waals surface area contributed by atoms with Crippen LogP contribution in [0.1, 0.15) is 22.3 Å². The van der Waals surface area contributed by atoms with Crippen molar-refractivity contribution in [1.29, 1.82) is 0 Å². The molecule has 0 unspecified atom stereocenters. The molecule has 29 heavy (non-hydrogen) atoms. The van der Waals surface area contributed by atoms with Gasteiger partial charge in [0.25, 0.3) is 0 Å². The van der Waals surface area contributed by atoms with E-state index in [1.54, 1.807) is 0 Å². The zero-order chi connectivity index (χ0) is 19.2. The van der Waals surface area contributed by atoms with E-state index >= 15 is 0 Å². The van der Waals surface area contributed by atoms with E-state index in [1.807, 2.05) is 0 Å². The molecule has 0 atom stereocenters. The van der Waals surface area contributed by atoms with Gasteiger partial charge < -0.3 is 0 Å². The van der Waals surface area contributed by atoms with Gasteiger partial charge in [0.05, 0.1) is 0 Å². The largest absolute Gasteiger partial charge is 0.0622 e. The van der Waals surface area contributed by atoms with Gasteiger partial charge in [0.15, 0.2) is 0 Å². The first kappa shape index (κ1) is 16.3. The van der Waals surface area contributed by atoms with Gasteiger partial charge in [-0.1, -0.05) is 91.0 Å². The Morgan fingerprint density at radius 1 is 0.517 bits per heavy atom. The smallest absolute Gasteiger partial charge is 0.000727 e. The molecule has 0 saturated carbocycles. The number of fused-ring (bicyclic) bond motifs is 6. The van der Waals surface area contributed by atoms with Crippen molar-refractivity contribution in [1.82, 2.24) is 0 Å². The Balaban J connectivity index is 1.46. The Morgan fingerprint density at radius 2 is 1.28 bits per heavy atom. The zero-order valence-electron chi connectivity index (χ0n) is 16.1. The van der Waals surface area contributed by atoms with Crippen LogP contribution in [0.4, 0.5) is 0 Å². The summed E-state index contributed by atoms with van der Waals surface area (Å²) < 4.78 is 0. The van der Waals surface area contributed by atoms with E-state index in [2.05, 4.69) is 109 Å². The van der Waals surface area contributed by atoms with Crippen molar-refractivity contribution in [3.63, 3.8) is 0 Å². The molecular weight excluding hydrogens is 348 g/mol. The van der Waals surface area contributed by atoms with Crippen molar-refractivity contribution in [3.05, 3.63) is 119 Å². The topological polar surface area (TPSA) is 0 Å². The summed E-state index contributed by atoms with van der Waals surface area (Å²) in [4.78, 5) is 0. The first-order chi connectivity index (χ1) is 14.3. The summed E-state index contributed by atoms with van der Waals surface area (Å²) >= 11 is 0. The third-order valence-electron chi connectivity index (χ3n) is 6.06. The number of benzene rings is 5. The maximum atomic E-state index is 2.37. The van der Waals surface area contributed by atoms with Gasteiger partial charge in [-0.2, -0.15) is 0 Å². The van der Waals surface area contributed by atoms with E-state index < -0.39 is 0 Å². The summed E-state index contributed by atoms with van der Waals surface area (Å²) in [5, 5.41) is 5.35. The molecule has 0 nitrogen and oxygen atoms in total. The second-order valence-corrected chi connectivity index (χ2v) is 7.85. The summed E-state index contributed by atoms with van der Waals surface area (Å²) in [6.45, 7) is 0. The quantitative estimate of drug-likeness (QED) is 0.217. The molecule has 0 fully saturated rings. The highest BCUT2D eigenvalue weighted by molar-refractivity contribution is 6.03. The van der Waals surface area contributed by atoms with Crippen LogP contribution in [0, 0.1) is 0 Å². The van der Waals surface area contributed by atoms with Gasteiger partial charge in [0.1, 0.15) is 0 Å². The van der Waals surface area contributed by atoms with Crippen molar-refractivity contribution in [3.8, 4) is 11.1 Å². The molecular formula is C29H20. The molecule has 0 aliphatic heterocycles. The van der Waals surface area contributed by atoms with Crippen LogP contribution in [-0.2, 0) is 6.42 Å². The van der Waals surface area contributed by atoms with Crippen molar-refractivity contribution in [2.45, 2.75) is 6.42 Å². The standard InChI is InChI=1S/C29H20/c1-2-6-20(7-3-1)10-11-21-12-13-25-19-29-26(27(25)16-21)15-14-24-17-22-8-4-5-9-23(22)18-28(24)29/h1-18H,19H2/b11-10+. The van der Waals surface area contributed by atoms with Crippen LogP contribution in [0.15, 0.2) is 97.1 Å². The molecule has 0 aromatic heterocycles. The van der Waals surface area contributed by atoms with E-state index in [9.17, 15) is 0 Å². The highest BCUT2D eigenvalue weighted by Gasteiger charge is 2.20. The average molecular weight is 368 g/mol. The molecule has 0 N–H and O–H groups in total. The van der Waals surface area contributed by atoms with Gasteiger partial charge in [-0.25, -0.2) is 0 Å². The zero-order valence-corrected chi connectivity index (χ0v) is 16.1. The van der Waals surface area contributed by atoms with Crippen LogP contribution in [0.5, 0.6) is 0 Å². The third kappa shape index (κ3) is 2.77. The SMILES string of the molecule is C(=C\c1ccc2c(c1)-c1ccc3cc4ccccc4cc3c1C2)/c1ccccc1. The number of rotatable bonds is 2. The van der Waals surface area contributed by atoms with E-state index in [1.165, 1.54) is 54.9 Å².